The molecule has 0 radical (unpaired) electrons. The molecule has 0 fully saturated rings. The number of hydrogen-bond donors (Lipinski definition) is 0. The van der Waals surface area contributed by atoms with E-state index in [0.29, 0.717) is 0 Å². The van der Waals surface area contributed by atoms with Gasteiger partial charge in [-0.05, 0) is 89.6 Å². The molecule has 2 heteroatoms. The van der Waals surface area contributed by atoms with Crippen LogP contribution in [0.2, 0.25) is 0 Å². The van der Waals surface area contributed by atoms with E-state index in [1.807, 2.05) is 0 Å². The third-order valence-electron chi connectivity index (χ3n) is 3.56. The fourth-order valence-corrected chi connectivity index (χ4v) is 3.99. The zero-order valence-electron chi connectivity index (χ0n) is 9.37. The van der Waals surface area contributed by atoms with Gasteiger partial charge in [0.1, 0.15) is 0 Å². The molecule has 0 saturated heterocycles. The van der Waals surface area contributed by atoms with Gasteiger partial charge in [0.25, 0.3) is 0 Å². The Kier molecular flexibility index (Phi) is 2.45. The van der Waals surface area contributed by atoms with Gasteiger partial charge >= 0.3 is 0 Å². The molecule has 4 rings (SSSR count). The highest BCUT2D eigenvalue weighted by atomic mass is 127. The Morgan fingerprint density at radius 3 is 1.33 bits per heavy atom. The maximum absolute atomic E-state index is 2.43. The summed E-state index contributed by atoms with van der Waals surface area (Å²) in [5.41, 5.74) is 0. The smallest absolute Gasteiger partial charge is 0.0209 e. The van der Waals surface area contributed by atoms with Gasteiger partial charge in [0.15, 0.2) is 0 Å². The van der Waals surface area contributed by atoms with Crippen LogP contribution in [0.3, 0.4) is 0 Å². The van der Waals surface area contributed by atoms with Gasteiger partial charge in [-0.25, -0.2) is 0 Å². The summed E-state index contributed by atoms with van der Waals surface area (Å²) >= 11 is 4.85. The van der Waals surface area contributed by atoms with E-state index in [1.165, 1.54) is 39.5 Å². The SMILES string of the molecule is Ic1ccc2ccc3ccc(I)c4ccc1c2c34. The van der Waals surface area contributed by atoms with Crippen LogP contribution in [0.1, 0.15) is 0 Å². The lowest BCUT2D eigenvalue weighted by Gasteiger charge is -2.12. The van der Waals surface area contributed by atoms with Gasteiger partial charge in [-0.3, -0.25) is 0 Å². The highest BCUT2D eigenvalue weighted by Crippen LogP contribution is 2.37. The summed E-state index contributed by atoms with van der Waals surface area (Å²) in [7, 11) is 0. The van der Waals surface area contributed by atoms with Crippen LogP contribution in [-0.2, 0) is 0 Å². The molecule has 18 heavy (non-hydrogen) atoms. The van der Waals surface area contributed by atoms with Gasteiger partial charge in [-0.15, -0.1) is 0 Å². The summed E-state index contributed by atoms with van der Waals surface area (Å²) < 4.78 is 2.65. The lowest BCUT2D eigenvalue weighted by Crippen LogP contribution is -1.87. The van der Waals surface area contributed by atoms with Crippen molar-refractivity contribution in [2.45, 2.75) is 0 Å². The molecule has 0 N–H and O–H groups in total. The van der Waals surface area contributed by atoms with Gasteiger partial charge in [0.2, 0.25) is 0 Å². The molecule has 86 valence electrons. The molecule has 0 atom stereocenters. The number of rotatable bonds is 0. The van der Waals surface area contributed by atoms with Crippen molar-refractivity contribution in [3.05, 3.63) is 55.7 Å². The van der Waals surface area contributed by atoms with Crippen LogP contribution in [0.5, 0.6) is 0 Å². The molecule has 0 bridgehead atoms. The average molecular weight is 454 g/mol. The Morgan fingerprint density at radius 2 is 0.889 bits per heavy atom. The third kappa shape index (κ3) is 1.42. The van der Waals surface area contributed by atoms with E-state index in [9.17, 15) is 0 Å². The van der Waals surface area contributed by atoms with Crippen molar-refractivity contribution < 1.29 is 0 Å². The first kappa shape index (κ1) is 11.2. The van der Waals surface area contributed by atoms with Crippen LogP contribution >= 0.6 is 45.2 Å². The third-order valence-corrected chi connectivity index (χ3v) is 5.44. The van der Waals surface area contributed by atoms with E-state index >= 15 is 0 Å². The van der Waals surface area contributed by atoms with Crippen LogP contribution in [0, 0.1) is 7.14 Å². The molecule has 0 heterocycles. The van der Waals surface area contributed by atoms with Crippen molar-refractivity contribution >= 4 is 77.5 Å². The molecule has 0 unspecified atom stereocenters. The maximum atomic E-state index is 2.43. The van der Waals surface area contributed by atoms with Crippen molar-refractivity contribution in [2.75, 3.05) is 0 Å². The fourth-order valence-electron chi connectivity index (χ4n) is 2.73. The van der Waals surface area contributed by atoms with Gasteiger partial charge in [0, 0.05) is 7.14 Å². The van der Waals surface area contributed by atoms with Gasteiger partial charge in [0.05, 0.1) is 0 Å². The van der Waals surface area contributed by atoms with Gasteiger partial charge < -0.3 is 0 Å². The monoisotopic (exact) mass is 454 g/mol. The first-order valence-electron chi connectivity index (χ1n) is 5.77. The molecule has 0 spiro atoms. The zero-order valence-corrected chi connectivity index (χ0v) is 13.7. The Hall–Kier alpha value is -0.620. The van der Waals surface area contributed by atoms with Crippen molar-refractivity contribution in [3.8, 4) is 0 Å². The molecule has 0 amide bonds. The molecule has 0 saturated carbocycles. The van der Waals surface area contributed by atoms with E-state index in [0.717, 1.165) is 0 Å². The van der Waals surface area contributed by atoms with Crippen LogP contribution in [0.15, 0.2) is 48.5 Å². The number of halogens is 2. The van der Waals surface area contributed by atoms with E-state index in [4.69, 9.17) is 0 Å². The molecule has 0 nitrogen and oxygen atoms in total. The second-order valence-corrected chi connectivity index (χ2v) is 6.84. The van der Waals surface area contributed by atoms with E-state index in [2.05, 4.69) is 93.7 Å². The quantitative estimate of drug-likeness (QED) is 0.233. The number of benzene rings is 4. The summed E-state index contributed by atoms with van der Waals surface area (Å²) in [5.74, 6) is 0. The fraction of sp³-hybridized carbons (Fsp3) is 0. The van der Waals surface area contributed by atoms with Crippen LogP contribution in [0.4, 0.5) is 0 Å². The summed E-state index contributed by atoms with van der Waals surface area (Å²) in [5, 5.41) is 8.24. The van der Waals surface area contributed by atoms with Crippen molar-refractivity contribution in [2.24, 2.45) is 0 Å². The topological polar surface area (TPSA) is 0 Å². The Labute approximate surface area is 132 Å². The first-order chi connectivity index (χ1) is 8.75. The second-order valence-electron chi connectivity index (χ2n) is 4.52. The highest BCUT2D eigenvalue weighted by Gasteiger charge is 2.10. The summed E-state index contributed by atoms with van der Waals surface area (Å²) in [4.78, 5) is 0. The van der Waals surface area contributed by atoms with Gasteiger partial charge in [-0.1, -0.05) is 36.4 Å². The van der Waals surface area contributed by atoms with Crippen molar-refractivity contribution in [3.63, 3.8) is 0 Å². The van der Waals surface area contributed by atoms with Crippen LogP contribution < -0.4 is 0 Å². The predicted octanol–water partition coefficient (Wildman–Crippen LogP) is 5.79. The molecule has 4 aromatic rings. The molecule has 0 aromatic heterocycles. The minimum atomic E-state index is 1.33. The summed E-state index contributed by atoms with van der Waals surface area (Å²) in [6.07, 6.45) is 0. The standard InChI is InChI=1S/C16H8I2/c17-13-7-3-9-1-2-10-4-8-14(18)12-6-5-11(13)15(9)16(10)12/h1-8H. The lowest BCUT2D eigenvalue weighted by molar-refractivity contribution is 1.72. The minimum absolute atomic E-state index is 1.33. The maximum Gasteiger partial charge on any atom is 0.0209 e. The van der Waals surface area contributed by atoms with Crippen molar-refractivity contribution in [1.29, 1.82) is 0 Å². The van der Waals surface area contributed by atoms with Crippen LogP contribution in [0.25, 0.3) is 32.3 Å². The molecular weight excluding hydrogens is 446 g/mol. The zero-order chi connectivity index (χ0) is 12.3. The van der Waals surface area contributed by atoms with Crippen molar-refractivity contribution in [1.82, 2.24) is 0 Å². The Morgan fingerprint density at radius 1 is 0.500 bits per heavy atom. The second kappa shape index (κ2) is 3.93. The molecule has 4 aromatic carbocycles. The molecule has 0 aliphatic rings. The normalized spacial score (nSPS) is 11.9. The van der Waals surface area contributed by atoms with E-state index < -0.39 is 0 Å². The summed E-state index contributed by atoms with van der Waals surface area (Å²) in [6, 6.07) is 17.8. The molecular formula is C16H8I2. The summed E-state index contributed by atoms with van der Waals surface area (Å²) in [6.45, 7) is 0. The largest absolute Gasteiger partial charge is 0.0537 e. The number of hydrogen-bond acceptors (Lipinski definition) is 0. The van der Waals surface area contributed by atoms with Gasteiger partial charge in [-0.2, -0.15) is 0 Å². The van der Waals surface area contributed by atoms with E-state index in [1.54, 1.807) is 0 Å². The Bertz CT molecular complexity index is 819. The predicted molar refractivity (Wildman–Crippen MR) is 95.6 cm³/mol. The molecule has 0 aliphatic carbocycles. The average Bonchev–Trinajstić information content (AvgIpc) is 2.40. The van der Waals surface area contributed by atoms with E-state index in [-0.39, 0.29) is 0 Å². The minimum Gasteiger partial charge on any atom is -0.0537 e. The lowest BCUT2D eigenvalue weighted by atomic mass is 9.94. The molecule has 0 aliphatic heterocycles. The Balaban J connectivity index is 2.47. The highest BCUT2D eigenvalue weighted by molar-refractivity contribution is 14.1. The van der Waals surface area contributed by atoms with Crippen LogP contribution in [-0.4, -0.2) is 0 Å². The first-order valence-corrected chi connectivity index (χ1v) is 7.93.